The van der Waals surface area contributed by atoms with Crippen LogP contribution in [-0.4, -0.2) is 37.3 Å². The summed E-state index contributed by atoms with van der Waals surface area (Å²) in [4.78, 5) is 19.7. The van der Waals surface area contributed by atoms with Crippen molar-refractivity contribution >= 4 is 37.5 Å². The van der Waals surface area contributed by atoms with Gasteiger partial charge >= 0.3 is 0 Å². The molecule has 0 aliphatic carbocycles. The number of benzene rings is 2. The molecule has 0 spiro atoms. The first-order valence-electron chi connectivity index (χ1n) is 9.83. The molecular formula is C21H24N4O3S2. The number of aromatic nitrogens is 1. The van der Waals surface area contributed by atoms with Crippen molar-refractivity contribution in [1.29, 1.82) is 0 Å². The molecule has 0 bridgehead atoms. The number of likely N-dealkylation sites (tertiary alicyclic amines) is 1. The molecule has 2 heterocycles. The molecule has 3 N–H and O–H groups in total. The Morgan fingerprint density at radius 3 is 2.70 bits per heavy atom. The molecule has 1 saturated heterocycles. The molecule has 2 aromatic carbocycles. The summed E-state index contributed by atoms with van der Waals surface area (Å²) >= 11 is 1.70. The molecular weight excluding hydrogens is 420 g/mol. The summed E-state index contributed by atoms with van der Waals surface area (Å²) in [5.74, 6) is -0.0639. The van der Waals surface area contributed by atoms with Gasteiger partial charge in [0.2, 0.25) is 15.9 Å². The number of fused-ring (bicyclic) bond motifs is 1. The molecule has 4 rings (SSSR count). The Labute approximate surface area is 180 Å². The Morgan fingerprint density at radius 1 is 1.27 bits per heavy atom. The van der Waals surface area contributed by atoms with E-state index in [1.807, 2.05) is 25.1 Å². The number of thiazole rings is 1. The maximum Gasteiger partial charge on any atom is 0.238 e. The Hall–Kier alpha value is -2.33. The quantitative estimate of drug-likeness (QED) is 0.608. The van der Waals surface area contributed by atoms with Gasteiger partial charge in [-0.05, 0) is 56.1 Å². The minimum atomic E-state index is -3.73. The summed E-state index contributed by atoms with van der Waals surface area (Å²) in [6.07, 6.45) is 2.04. The van der Waals surface area contributed by atoms with Gasteiger partial charge in [0, 0.05) is 0 Å². The predicted molar refractivity (Wildman–Crippen MR) is 118 cm³/mol. The average Bonchev–Trinajstić information content (AvgIpc) is 3.33. The summed E-state index contributed by atoms with van der Waals surface area (Å²) in [5.41, 5.74) is 1.82. The largest absolute Gasteiger partial charge is 0.348 e. The molecule has 0 unspecified atom stereocenters. The first kappa shape index (κ1) is 20.9. The Balaban J connectivity index is 1.40. The number of hydrogen-bond acceptors (Lipinski definition) is 6. The fraction of sp³-hybridized carbons (Fsp3) is 0.333. The fourth-order valence-corrected chi connectivity index (χ4v) is 5.48. The lowest BCUT2D eigenvalue weighted by atomic mass is 10.1. The van der Waals surface area contributed by atoms with Crippen LogP contribution in [0.25, 0.3) is 10.2 Å². The van der Waals surface area contributed by atoms with Crippen LogP contribution in [0.15, 0.2) is 53.4 Å². The molecule has 1 aliphatic rings. The summed E-state index contributed by atoms with van der Waals surface area (Å²) < 4.78 is 23.9. The normalized spacial score (nSPS) is 18.5. The zero-order valence-electron chi connectivity index (χ0n) is 16.6. The molecule has 1 amide bonds. The van der Waals surface area contributed by atoms with Crippen LogP contribution < -0.4 is 10.5 Å². The Morgan fingerprint density at radius 2 is 2.00 bits per heavy atom. The number of nitrogens with zero attached hydrogens (tertiary/aromatic N) is 2. The van der Waals surface area contributed by atoms with E-state index in [1.165, 1.54) is 16.8 Å². The minimum absolute atomic E-state index is 0.0560. The first-order valence-corrected chi connectivity index (χ1v) is 12.2. The molecule has 0 radical (unpaired) electrons. The third-order valence-corrected chi connectivity index (χ3v) is 7.46. The minimum Gasteiger partial charge on any atom is -0.348 e. The lowest BCUT2D eigenvalue weighted by molar-refractivity contribution is -0.123. The number of nitrogens with one attached hydrogen (secondary N) is 1. The van der Waals surface area contributed by atoms with Gasteiger partial charge in [-0.25, -0.2) is 18.5 Å². The highest BCUT2D eigenvalue weighted by atomic mass is 32.2. The number of primary sulfonamides is 1. The van der Waals surface area contributed by atoms with Crippen molar-refractivity contribution in [2.45, 2.75) is 36.7 Å². The number of amides is 1. The molecule has 2 atom stereocenters. The lowest BCUT2D eigenvalue weighted by Crippen LogP contribution is -2.38. The number of carbonyl (C=O) groups excluding carboxylic acids is 1. The van der Waals surface area contributed by atoms with Crippen molar-refractivity contribution in [3.63, 3.8) is 0 Å². The molecule has 1 fully saturated rings. The molecule has 1 aliphatic heterocycles. The van der Waals surface area contributed by atoms with Crippen molar-refractivity contribution < 1.29 is 13.2 Å². The predicted octanol–water partition coefficient (Wildman–Crippen LogP) is 2.96. The molecule has 7 nitrogen and oxygen atoms in total. The SMILES string of the molecule is C[C@H](NC(=O)CN1CCC[C@@H]1c1nc2ccccc2s1)c1ccc(S(N)(=O)=O)cc1. The van der Waals surface area contributed by atoms with E-state index in [0.29, 0.717) is 6.54 Å². The van der Waals surface area contributed by atoms with Crippen molar-refractivity contribution in [3.05, 3.63) is 59.1 Å². The third-order valence-electron chi connectivity index (χ3n) is 5.39. The van der Waals surface area contributed by atoms with Gasteiger partial charge in [-0.3, -0.25) is 9.69 Å². The number of nitrogens with two attached hydrogens (primary N) is 1. The number of hydrogen-bond donors (Lipinski definition) is 2. The number of rotatable bonds is 6. The van der Waals surface area contributed by atoms with E-state index < -0.39 is 10.0 Å². The highest BCUT2D eigenvalue weighted by Crippen LogP contribution is 2.36. The van der Waals surface area contributed by atoms with Gasteiger partial charge in [0.25, 0.3) is 0 Å². The molecule has 158 valence electrons. The van der Waals surface area contributed by atoms with Gasteiger partial charge in [-0.1, -0.05) is 24.3 Å². The Kier molecular flexibility index (Phi) is 5.88. The van der Waals surface area contributed by atoms with Crippen molar-refractivity contribution in [1.82, 2.24) is 15.2 Å². The van der Waals surface area contributed by atoms with Gasteiger partial charge in [0.15, 0.2) is 0 Å². The third kappa shape index (κ3) is 4.54. The van der Waals surface area contributed by atoms with E-state index in [4.69, 9.17) is 10.1 Å². The van der Waals surface area contributed by atoms with Gasteiger partial charge in [-0.15, -0.1) is 11.3 Å². The summed E-state index contributed by atoms with van der Waals surface area (Å²) in [6.45, 7) is 3.05. The van der Waals surface area contributed by atoms with Crippen LogP contribution in [-0.2, 0) is 14.8 Å². The van der Waals surface area contributed by atoms with E-state index in [0.717, 1.165) is 35.5 Å². The van der Waals surface area contributed by atoms with E-state index in [9.17, 15) is 13.2 Å². The van der Waals surface area contributed by atoms with E-state index in [2.05, 4.69) is 16.3 Å². The van der Waals surface area contributed by atoms with Gasteiger partial charge in [0.1, 0.15) is 5.01 Å². The van der Waals surface area contributed by atoms with Crippen LogP contribution in [0.1, 0.15) is 42.4 Å². The van der Waals surface area contributed by atoms with Crippen LogP contribution in [0.2, 0.25) is 0 Å². The Bertz CT molecular complexity index is 1130. The van der Waals surface area contributed by atoms with Crippen molar-refractivity contribution in [2.75, 3.05) is 13.1 Å². The van der Waals surface area contributed by atoms with Crippen molar-refractivity contribution in [2.24, 2.45) is 5.14 Å². The monoisotopic (exact) mass is 444 g/mol. The highest BCUT2D eigenvalue weighted by Gasteiger charge is 2.30. The lowest BCUT2D eigenvalue weighted by Gasteiger charge is -2.23. The number of sulfonamides is 1. The van der Waals surface area contributed by atoms with Crippen LogP contribution in [0.4, 0.5) is 0 Å². The highest BCUT2D eigenvalue weighted by molar-refractivity contribution is 7.89. The van der Waals surface area contributed by atoms with Gasteiger partial charge in [0.05, 0.1) is 33.7 Å². The number of carbonyl (C=O) groups is 1. The molecule has 9 heteroatoms. The maximum absolute atomic E-state index is 12.7. The van der Waals surface area contributed by atoms with Crippen LogP contribution in [0.3, 0.4) is 0 Å². The maximum atomic E-state index is 12.7. The summed E-state index contributed by atoms with van der Waals surface area (Å²) in [7, 11) is -3.73. The van der Waals surface area contributed by atoms with E-state index in [1.54, 1.807) is 23.5 Å². The van der Waals surface area contributed by atoms with Crippen LogP contribution in [0, 0.1) is 0 Å². The van der Waals surface area contributed by atoms with Crippen molar-refractivity contribution in [3.8, 4) is 0 Å². The summed E-state index contributed by atoms with van der Waals surface area (Å²) in [5, 5.41) is 9.20. The zero-order valence-corrected chi connectivity index (χ0v) is 18.2. The van der Waals surface area contributed by atoms with Crippen LogP contribution in [0.5, 0.6) is 0 Å². The van der Waals surface area contributed by atoms with Crippen LogP contribution >= 0.6 is 11.3 Å². The van der Waals surface area contributed by atoms with Gasteiger partial charge < -0.3 is 5.32 Å². The van der Waals surface area contributed by atoms with Gasteiger partial charge in [-0.2, -0.15) is 0 Å². The molecule has 1 aromatic heterocycles. The molecule has 0 saturated carbocycles. The standard InChI is InChI=1S/C21H24N4O3S2/c1-14(15-8-10-16(11-9-15)30(22,27)28)23-20(26)13-25-12-4-6-18(25)21-24-17-5-2-3-7-19(17)29-21/h2-3,5,7-11,14,18H,4,6,12-13H2,1H3,(H,23,26)(H2,22,27,28)/t14-,18+/m0/s1. The second kappa shape index (κ2) is 8.43. The average molecular weight is 445 g/mol. The van der Waals surface area contributed by atoms with E-state index >= 15 is 0 Å². The number of para-hydroxylation sites is 1. The second-order valence-electron chi connectivity index (χ2n) is 7.55. The smallest absolute Gasteiger partial charge is 0.238 e. The topological polar surface area (TPSA) is 105 Å². The fourth-order valence-electron chi connectivity index (χ4n) is 3.83. The molecule has 3 aromatic rings. The van der Waals surface area contributed by atoms with E-state index in [-0.39, 0.29) is 22.9 Å². The first-order chi connectivity index (χ1) is 14.3. The second-order valence-corrected chi connectivity index (χ2v) is 10.2. The molecule has 30 heavy (non-hydrogen) atoms. The zero-order chi connectivity index (χ0) is 21.3. The summed E-state index contributed by atoms with van der Waals surface area (Å²) in [6, 6.07) is 14.3.